The number of phenolic OH excluding ortho intramolecular Hbond substituents is 2. The van der Waals surface area contributed by atoms with Crippen LogP contribution in [0.5, 0.6) is 17.2 Å². The van der Waals surface area contributed by atoms with Crippen molar-refractivity contribution in [1.82, 2.24) is 4.90 Å². The van der Waals surface area contributed by atoms with Crippen LogP contribution in [0.4, 0.5) is 0 Å². The third-order valence-electron chi connectivity index (χ3n) is 9.70. The fourth-order valence-corrected chi connectivity index (χ4v) is 8.71. The van der Waals surface area contributed by atoms with E-state index in [0.717, 1.165) is 19.4 Å². The molecule has 2 aromatic rings. The van der Waals surface area contributed by atoms with Crippen molar-refractivity contribution in [2.75, 3.05) is 13.7 Å². The number of carbonyl (C=O) groups excluding carboxylic acids is 3. The summed E-state index contributed by atoms with van der Waals surface area (Å²) in [5.74, 6) is -2.89. The number of ketones is 3. The number of benzene rings is 2. The lowest BCUT2D eigenvalue weighted by atomic mass is 9.72. The van der Waals surface area contributed by atoms with Crippen molar-refractivity contribution in [3.8, 4) is 17.2 Å². The van der Waals surface area contributed by atoms with Crippen LogP contribution in [0.25, 0.3) is 0 Å². The number of hydrogen-bond acceptors (Lipinski definition) is 11. The largest absolute Gasteiger partial charge is 0.507 e. The number of carbonyl (C=O) groups is 3. The van der Waals surface area contributed by atoms with E-state index in [1.807, 2.05) is 6.92 Å². The predicted octanol–water partition coefficient (Wildman–Crippen LogP) is 2.94. The lowest BCUT2D eigenvalue weighted by molar-refractivity contribution is -0.241. The number of alkyl halides is 1. The molecule has 3 aliphatic heterocycles. The predicted molar refractivity (Wildman–Crippen MR) is 158 cm³/mol. The maximum absolute atomic E-state index is 13.9. The Bertz CT molecular complexity index is 1580. The molecule has 3 N–H and O–H groups in total. The van der Waals surface area contributed by atoms with Gasteiger partial charge < -0.3 is 34.3 Å². The number of aromatic hydroxyl groups is 2. The van der Waals surface area contributed by atoms with E-state index in [4.69, 9.17) is 18.9 Å². The number of ether oxygens (including phenoxy) is 4. The number of rotatable bonds is 4. The molecule has 0 bridgehead atoms. The Balaban J connectivity index is 1.34. The van der Waals surface area contributed by atoms with Crippen LogP contribution >= 0.6 is 22.6 Å². The van der Waals surface area contributed by atoms with Gasteiger partial charge in [-0.25, -0.2) is 0 Å². The van der Waals surface area contributed by atoms with Crippen LogP contribution < -0.4 is 4.74 Å². The van der Waals surface area contributed by atoms with Gasteiger partial charge in [0.1, 0.15) is 35.2 Å². The molecule has 5 aliphatic rings. The molecular formula is C31H32INO10. The molecule has 2 aliphatic carbocycles. The molecule has 0 radical (unpaired) electrons. The van der Waals surface area contributed by atoms with Crippen LogP contribution in [-0.2, 0) is 25.4 Å². The Kier molecular flexibility index (Phi) is 6.91. The highest BCUT2D eigenvalue weighted by Gasteiger charge is 2.56. The first-order valence-corrected chi connectivity index (χ1v) is 15.7. The maximum Gasteiger partial charge on any atom is 0.202 e. The molecule has 11 nitrogen and oxygen atoms in total. The minimum Gasteiger partial charge on any atom is -0.507 e. The summed E-state index contributed by atoms with van der Waals surface area (Å²) in [6.45, 7) is 4.04. The third-order valence-corrected chi connectivity index (χ3v) is 11.0. The van der Waals surface area contributed by atoms with E-state index in [2.05, 4.69) is 27.5 Å². The topological polar surface area (TPSA) is 152 Å². The zero-order valence-corrected chi connectivity index (χ0v) is 26.0. The van der Waals surface area contributed by atoms with E-state index < -0.39 is 46.8 Å². The van der Waals surface area contributed by atoms with Gasteiger partial charge in [0.15, 0.2) is 17.9 Å². The van der Waals surface area contributed by atoms with Crippen molar-refractivity contribution in [3.63, 3.8) is 0 Å². The summed E-state index contributed by atoms with van der Waals surface area (Å²) in [6.07, 6.45) is -1.10. The molecule has 0 spiro atoms. The number of phenols is 2. The van der Waals surface area contributed by atoms with Crippen molar-refractivity contribution < 1.29 is 48.7 Å². The van der Waals surface area contributed by atoms with E-state index in [-0.39, 0.29) is 80.4 Å². The number of aliphatic hydroxyl groups is 1. The number of fused-ring (bicyclic) bond motifs is 6. The third kappa shape index (κ3) is 4.13. The first-order valence-electron chi connectivity index (χ1n) is 14.4. The Morgan fingerprint density at radius 3 is 2.58 bits per heavy atom. The quantitative estimate of drug-likeness (QED) is 0.209. The lowest BCUT2D eigenvalue weighted by Gasteiger charge is -2.45. The van der Waals surface area contributed by atoms with Crippen LogP contribution in [0.15, 0.2) is 18.2 Å². The average molecular weight is 705 g/mol. The summed E-state index contributed by atoms with van der Waals surface area (Å²) in [6, 6.07) is 4.54. The second kappa shape index (κ2) is 10.2. The highest BCUT2D eigenvalue weighted by Crippen LogP contribution is 2.53. The van der Waals surface area contributed by atoms with Crippen molar-refractivity contribution in [1.29, 1.82) is 0 Å². The molecule has 3 heterocycles. The second-order valence-corrected chi connectivity index (χ2v) is 13.5. The van der Waals surface area contributed by atoms with E-state index in [1.165, 1.54) is 26.2 Å². The minimum atomic E-state index is -1.96. The fourth-order valence-electron chi connectivity index (χ4n) is 7.55. The van der Waals surface area contributed by atoms with Crippen molar-refractivity contribution in [3.05, 3.63) is 51.6 Å². The lowest BCUT2D eigenvalue weighted by Crippen LogP contribution is -2.58. The van der Waals surface area contributed by atoms with Gasteiger partial charge in [0.2, 0.25) is 5.78 Å². The summed E-state index contributed by atoms with van der Waals surface area (Å²) in [4.78, 5) is 42.6. The summed E-state index contributed by atoms with van der Waals surface area (Å²) >= 11 is 2.28. The van der Waals surface area contributed by atoms with E-state index in [1.54, 1.807) is 6.07 Å². The molecule has 228 valence electrons. The first-order chi connectivity index (χ1) is 20.5. The Labute approximate surface area is 261 Å². The molecule has 8 atom stereocenters. The number of Topliss-reactive ketones (excluding diaryl/α,β-unsaturated/α-hetero) is 1. The van der Waals surface area contributed by atoms with E-state index >= 15 is 0 Å². The molecular weight excluding hydrogens is 673 g/mol. The molecule has 3 fully saturated rings. The molecule has 3 saturated heterocycles. The van der Waals surface area contributed by atoms with Crippen LogP contribution in [0.2, 0.25) is 0 Å². The zero-order valence-electron chi connectivity index (χ0n) is 23.8. The van der Waals surface area contributed by atoms with Crippen molar-refractivity contribution in [2.45, 2.75) is 85.9 Å². The monoisotopic (exact) mass is 705 g/mol. The minimum absolute atomic E-state index is 0.00491. The first kappa shape index (κ1) is 29.1. The number of hydrogen-bond donors (Lipinski definition) is 3. The molecule has 43 heavy (non-hydrogen) atoms. The highest BCUT2D eigenvalue weighted by molar-refractivity contribution is 14.1. The highest BCUT2D eigenvalue weighted by atomic mass is 127. The zero-order chi connectivity index (χ0) is 30.5. The molecule has 1 unspecified atom stereocenters. The molecule has 7 rings (SSSR count). The molecule has 12 heteroatoms. The van der Waals surface area contributed by atoms with Gasteiger partial charge in [-0.3, -0.25) is 19.3 Å². The van der Waals surface area contributed by atoms with Gasteiger partial charge in [0, 0.05) is 36.1 Å². The van der Waals surface area contributed by atoms with Crippen LogP contribution in [-0.4, -0.2) is 91.5 Å². The maximum atomic E-state index is 13.9. The molecule has 0 saturated carbocycles. The SMILES string of the molecule is COc1cccc2c1C(=O)c1c(O)c3c(c(O)c1C2=O)C[C@@](O)(C(C)=O)C[C@@H]3O[C@@H]1O[C@@H](C)[C@H]2OC3CCCN3[C@H]2[C@H]1I. The van der Waals surface area contributed by atoms with Crippen LogP contribution in [0, 0.1) is 0 Å². The summed E-state index contributed by atoms with van der Waals surface area (Å²) in [5, 5.41) is 34.8. The summed E-state index contributed by atoms with van der Waals surface area (Å²) < 4.78 is 24.3. The van der Waals surface area contributed by atoms with Gasteiger partial charge in [-0.15, -0.1) is 0 Å². The van der Waals surface area contributed by atoms with Gasteiger partial charge in [-0.1, -0.05) is 34.7 Å². The van der Waals surface area contributed by atoms with Gasteiger partial charge >= 0.3 is 0 Å². The summed E-state index contributed by atoms with van der Waals surface area (Å²) in [7, 11) is 1.37. The Morgan fingerprint density at radius 1 is 1.12 bits per heavy atom. The number of methoxy groups -OCH3 is 1. The van der Waals surface area contributed by atoms with Crippen LogP contribution in [0.1, 0.15) is 82.2 Å². The van der Waals surface area contributed by atoms with Crippen molar-refractivity contribution in [2.24, 2.45) is 0 Å². The van der Waals surface area contributed by atoms with Gasteiger partial charge in [-0.2, -0.15) is 0 Å². The Hall–Kier alpha value is -2.62. The molecule has 2 aromatic carbocycles. The fraction of sp³-hybridized carbons (Fsp3) is 0.516. The molecule has 0 amide bonds. The Morgan fingerprint density at radius 2 is 1.86 bits per heavy atom. The summed E-state index contributed by atoms with van der Waals surface area (Å²) in [5.41, 5.74) is -2.68. The normalized spacial score (nSPS) is 34.7. The van der Waals surface area contributed by atoms with Gasteiger partial charge in [0.25, 0.3) is 0 Å². The average Bonchev–Trinajstić information content (AvgIpc) is 3.58. The number of nitrogens with zero attached hydrogens (tertiary/aromatic N) is 1. The van der Waals surface area contributed by atoms with Crippen molar-refractivity contribution >= 4 is 39.9 Å². The standard InChI is InChI=1S/C31H32INO10/c1-12-29-24(33-9-5-8-18(33)43-29)23(32)30(41-12)42-17-11-31(39,13(2)34)10-15-20(17)28(38)22-21(26(15)36)25(35)14-6-4-7-16(40-3)19(14)27(22)37/h4,6-7,12,17-18,23-24,29-30,36,38-39H,5,8-11H2,1-3H3/t12-,17-,18?,23+,24-,29+,30-,31-/m0/s1. The molecule has 0 aromatic heterocycles. The van der Waals surface area contributed by atoms with Gasteiger partial charge in [-0.05, 0) is 32.8 Å². The van der Waals surface area contributed by atoms with Crippen LogP contribution in [0.3, 0.4) is 0 Å². The number of halogens is 1. The van der Waals surface area contributed by atoms with E-state index in [0.29, 0.717) is 0 Å². The second-order valence-electron chi connectivity index (χ2n) is 12.1. The van der Waals surface area contributed by atoms with Gasteiger partial charge in [0.05, 0.1) is 46.0 Å². The smallest absolute Gasteiger partial charge is 0.202 e. The van der Waals surface area contributed by atoms with E-state index in [9.17, 15) is 29.7 Å².